The first-order valence-corrected chi connectivity index (χ1v) is 11.1. The van der Waals surface area contributed by atoms with E-state index in [4.69, 9.17) is 0 Å². The number of rotatable bonds is 4. The zero-order chi connectivity index (χ0) is 21.1. The van der Waals surface area contributed by atoms with Gasteiger partial charge in [-0.2, -0.15) is 0 Å². The van der Waals surface area contributed by atoms with E-state index in [-0.39, 0.29) is 23.8 Å². The van der Waals surface area contributed by atoms with Crippen molar-refractivity contribution in [2.24, 2.45) is 5.41 Å². The topological polar surface area (TPSA) is 81.8 Å². The van der Waals surface area contributed by atoms with Crippen LogP contribution in [0.1, 0.15) is 44.6 Å². The van der Waals surface area contributed by atoms with Gasteiger partial charge in [0.1, 0.15) is 0 Å². The summed E-state index contributed by atoms with van der Waals surface area (Å²) in [5.41, 5.74) is 0.487. The highest BCUT2D eigenvalue weighted by atomic mass is 16.2. The number of piperidine rings is 3. The third-order valence-corrected chi connectivity index (χ3v) is 7.16. The van der Waals surface area contributed by atoms with E-state index >= 15 is 0 Å². The molecule has 3 amide bonds. The summed E-state index contributed by atoms with van der Waals surface area (Å²) in [6, 6.07) is 10.2. The summed E-state index contributed by atoms with van der Waals surface area (Å²) in [5.74, 6) is 0.232. The average Bonchev–Trinajstić information content (AvgIpc) is 2.78. The summed E-state index contributed by atoms with van der Waals surface area (Å²) in [6.45, 7) is 5.24. The smallest absolute Gasteiger partial charge is 0.229 e. The molecule has 1 aromatic carbocycles. The second kappa shape index (κ2) is 8.76. The van der Waals surface area contributed by atoms with Gasteiger partial charge in [0, 0.05) is 58.2 Å². The molecule has 2 N–H and O–H groups in total. The van der Waals surface area contributed by atoms with Crippen LogP contribution in [0.5, 0.6) is 0 Å². The first-order chi connectivity index (χ1) is 14.5. The molecule has 7 nitrogen and oxygen atoms in total. The van der Waals surface area contributed by atoms with Crippen molar-refractivity contribution in [2.45, 2.75) is 57.7 Å². The second-order valence-corrected chi connectivity index (χ2v) is 8.94. The Bertz CT molecular complexity index is 791. The molecule has 3 aliphatic heterocycles. The third-order valence-electron chi connectivity index (χ3n) is 7.16. The first kappa shape index (κ1) is 20.8. The number of benzene rings is 1. The largest absolute Gasteiger partial charge is 0.352 e. The predicted molar refractivity (Wildman–Crippen MR) is 113 cm³/mol. The van der Waals surface area contributed by atoms with E-state index in [1.165, 1.54) is 0 Å². The molecule has 162 valence electrons. The van der Waals surface area contributed by atoms with Crippen molar-refractivity contribution in [3.05, 3.63) is 35.9 Å². The van der Waals surface area contributed by atoms with Crippen molar-refractivity contribution in [1.82, 2.24) is 20.4 Å². The molecule has 3 aliphatic rings. The van der Waals surface area contributed by atoms with Crippen LogP contribution in [0.25, 0.3) is 0 Å². The molecule has 3 fully saturated rings. The molecule has 0 spiro atoms. The number of nitrogens with zero attached hydrogens (tertiary/aromatic N) is 2. The maximum absolute atomic E-state index is 13.5. The summed E-state index contributed by atoms with van der Waals surface area (Å²) >= 11 is 0. The van der Waals surface area contributed by atoms with E-state index in [1.54, 1.807) is 6.92 Å². The summed E-state index contributed by atoms with van der Waals surface area (Å²) < 4.78 is 0. The third kappa shape index (κ3) is 4.21. The van der Waals surface area contributed by atoms with E-state index in [2.05, 4.69) is 15.5 Å². The van der Waals surface area contributed by atoms with Gasteiger partial charge in [0.2, 0.25) is 17.7 Å². The highest BCUT2D eigenvalue weighted by Gasteiger charge is 2.52. The lowest BCUT2D eigenvalue weighted by Crippen LogP contribution is -2.67. The van der Waals surface area contributed by atoms with Gasteiger partial charge in [0.25, 0.3) is 0 Å². The Morgan fingerprint density at radius 2 is 1.87 bits per heavy atom. The highest BCUT2D eigenvalue weighted by molar-refractivity contribution is 5.88. The highest BCUT2D eigenvalue weighted by Crippen LogP contribution is 2.39. The van der Waals surface area contributed by atoms with Crippen LogP contribution in [-0.2, 0) is 20.9 Å². The van der Waals surface area contributed by atoms with Crippen LogP contribution < -0.4 is 10.6 Å². The summed E-state index contributed by atoms with van der Waals surface area (Å²) in [4.78, 5) is 41.5. The number of carbonyl (C=O) groups is 3. The van der Waals surface area contributed by atoms with Crippen molar-refractivity contribution in [1.29, 1.82) is 0 Å². The minimum absolute atomic E-state index is 0.0437. The van der Waals surface area contributed by atoms with Crippen LogP contribution in [-0.4, -0.2) is 65.8 Å². The van der Waals surface area contributed by atoms with Crippen LogP contribution in [0.3, 0.4) is 0 Å². The summed E-state index contributed by atoms with van der Waals surface area (Å²) in [6.07, 6.45) is 3.66. The Labute approximate surface area is 178 Å². The van der Waals surface area contributed by atoms with Crippen LogP contribution in [0, 0.1) is 5.41 Å². The number of likely N-dealkylation sites (tertiary alicyclic amines) is 2. The number of hydrogen-bond acceptors (Lipinski definition) is 4. The Kier molecular flexibility index (Phi) is 6.09. The van der Waals surface area contributed by atoms with Crippen molar-refractivity contribution < 1.29 is 14.4 Å². The van der Waals surface area contributed by atoms with E-state index < -0.39 is 5.41 Å². The van der Waals surface area contributed by atoms with Crippen molar-refractivity contribution in [3.8, 4) is 0 Å². The Morgan fingerprint density at radius 1 is 1.13 bits per heavy atom. The van der Waals surface area contributed by atoms with Gasteiger partial charge in [-0.25, -0.2) is 0 Å². The van der Waals surface area contributed by atoms with Gasteiger partial charge in [-0.05, 0) is 31.2 Å². The Hall–Kier alpha value is -2.41. The zero-order valence-corrected chi connectivity index (χ0v) is 17.7. The average molecular weight is 413 g/mol. The minimum Gasteiger partial charge on any atom is -0.352 e. The maximum Gasteiger partial charge on any atom is 0.229 e. The van der Waals surface area contributed by atoms with Crippen molar-refractivity contribution in [3.63, 3.8) is 0 Å². The van der Waals surface area contributed by atoms with Gasteiger partial charge >= 0.3 is 0 Å². The number of nitrogens with one attached hydrogen (secondary N) is 2. The molecule has 3 saturated heterocycles. The number of fused-ring (bicyclic) bond motifs is 1. The zero-order valence-electron chi connectivity index (χ0n) is 17.7. The molecule has 0 radical (unpaired) electrons. The Balaban J connectivity index is 1.46. The molecule has 30 heavy (non-hydrogen) atoms. The molecular formula is C23H32N4O3. The van der Waals surface area contributed by atoms with Gasteiger partial charge in [0.15, 0.2) is 0 Å². The van der Waals surface area contributed by atoms with Crippen LogP contribution in [0.2, 0.25) is 0 Å². The summed E-state index contributed by atoms with van der Waals surface area (Å²) in [7, 11) is 0. The fourth-order valence-electron chi connectivity index (χ4n) is 5.34. The molecule has 0 bridgehead atoms. The number of carbonyl (C=O) groups excluding carboxylic acids is 3. The van der Waals surface area contributed by atoms with Gasteiger partial charge in [0.05, 0.1) is 5.41 Å². The fraction of sp³-hybridized carbons (Fsp3) is 0.609. The molecule has 0 aliphatic carbocycles. The number of amides is 3. The standard InChI is InChI=1S/C23H32N4O3/c1-17(28)26-12-8-19(9-13-26)27-14-10-20-23(16-27,11-7-21(29)25-20)22(30)24-15-18-5-3-2-4-6-18/h2-6,19-20H,7-16H2,1H3,(H,24,30)(H,25,29)/t20-,23+/m1/s1. The second-order valence-electron chi connectivity index (χ2n) is 8.94. The monoisotopic (exact) mass is 412 g/mol. The lowest BCUT2D eigenvalue weighted by Gasteiger charge is -2.52. The molecule has 0 unspecified atom stereocenters. The van der Waals surface area contributed by atoms with E-state index in [9.17, 15) is 14.4 Å². The molecule has 3 heterocycles. The molecule has 2 atom stereocenters. The van der Waals surface area contributed by atoms with Gasteiger partial charge in [-0.15, -0.1) is 0 Å². The fourth-order valence-corrected chi connectivity index (χ4v) is 5.34. The molecule has 4 rings (SSSR count). The van der Waals surface area contributed by atoms with Crippen molar-refractivity contribution >= 4 is 17.7 Å². The van der Waals surface area contributed by atoms with E-state index in [0.29, 0.717) is 32.0 Å². The lowest BCUT2D eigenvalue weighted by atomic mass is 9.68. The SMILES string of the molecule is CC(=O)N1CCC(N2CC[C@H]3NC(=O)CC[C@]3(C(=O)NCc3ccccc3)C2)CC1. The molecular weight excluding hydrogens is 380 g/mol. The maximum atomic E-state index is 13.5. The molecule has 7 heteroatoms. The first-order valence-electron chi connectivity index (χ1n) is 11.1. The number of hydrogen-bond donors (Lipinski definition) is 2. The summed E-state index contributed by atoms with van der Waals surface area (Å²) in [5, 5.41) is 6.25. The van der Waals surface area contributed by atoms with Crippen LogP contribution >= 0.6 is 0 Å². The lowest BCUT2D eigenvalue weighted by molar-refractivity contribution is -0.145. The predicted octanol–water partition coefficient (Wildman–Crippen LogP) is 1.28. The van der Waals surface area contributed by atoms with Gasteiger partial charge < -0.3 is 15.5 Å². The normalized spacial score (nSPS) is 27.8. The van der Waals surface area contributed by atoms with E-state index in [1.807, 2.05) is 35.2 Å². The van der Waals surface area contributed by atoms with Crippen LogP contribution in [0.15, 0.2) is 30.3 Å². The molecule has 0 aromatic heterocycles. The van der Waals surface area contributed by atoms with Crippen LogP contribution in [0.4, 0.5) is 0 Å². The quantitative estimate of drug-likeness (QED) is 0.781. The van der Waals surface area contributed by atoms with Gasteiger partial charge in [-0.1, -0.05) is 30.3 Å². The van der Waals surface area contributed by atoms with Crippen molar-refractivity contribution in [2.75, 3.05) is 26.2 Å². The van der Waals surface area contributed by atoms with E-state index in [0.717, 1.165) is 44.5 Å². The van der Waals surface area contributed by atoms with Gasteiger partial charge in [-0.3, -0.25) is 19.3 Å². The molecule has 0 saturated carbocycles. The minimum atomic E-state index is -0.585. The Morgan fingerprint density at radius 3 is 2.57 bits per heavy atom. The molecule has 1 aromatic rings.